The molecule has 0 radical (unpaired) electrons. The molecule has 0 bridgehead atoms. The molecule has 0 spiro atoms. The fraction of sp³-hybridized carbons (Fsp3) is 0.200. The number of anilines is 1. The number of Topliss-reactive ketones (excluding diaryl/α,β-unsaturated/α-hetero) is 1. The number of aliphatic hydroxyl groups is 1. The molecule has 3 aromatic rings. The van der Waals surface area contributed by atoms with Crippen molar-refractivity contribution in [1.29, 1.82) is 0 Å². The Bertz CT molecular complexity index is 1350. The third-order valence-electron chi connectivity index (χ3n) is 5.44. The van der Waals surface area contributed by atoms with Gasteiger partial charge in [-0.3, -0.25) is 14.5 Å². The average molecular weight is 513 g/mol. The summed E-state index contributed by atoms with van der Waals surface area (Å²) in [7, 11) is 1.46. The number of carbonyl (C=O) groups excluding carboxylic acids is 3. The summed E-state index contributed by atoms with van der Waals surface area (Å²) in [5.74, 6) is -2.30. The van der Waals surface area contributed by atoms with Gasteiger partial charge in [-0.15, -0.1) is 0 Å². The SMILES string of the molecule is CCOC(=O)c1sc(N2C(=O)C(=O)C(=C(O)c3ccc(OC)c(Cl)c3)C2c2ccccc2)nc1C. The first-order valence-corrected chi connectivity index (χ1v) is 11.8. The molecule has 0 saturated carbocycles. The van der Waals surface area contributed by atoms with Crippen LogP contribution in [0, 0.1) is 6.92 Å². The van der Waals surface area contributed by atoms with Gasteiger partial charge in [0.25, 0.3) is 5.78 Å². The van der Waals surface area contributed by atoms with Crippen molar-refractivity contribution in [1.82, 2.24) is 4.98 Å². The number of hydrogen-bond donors (Lipinski definition) is 1. The maximum atomic E-state index is 13.3. The van der Waals surface area contributed by atoms with Crippen LogP contribution in [0.4, 0.5) is 5.13 Å². The summed E-state index contributed by atoms with van der Waals surface area (Å²) in [5, 5.41) is 11.6. The first kappa shape index (κ1) is 24.4. The molecule has 8 nitrogen and oxygen atoms in total. The zero-order valence-electron chi connectivity index (χ0n) is 19.1. The molecule has 2 heterocycles. The van der Waals surface area contributed by atoms with Gasteiger partial charge in [0.15, 0.2) is 5.13 Å². The van der Waals surface area contributed by atoms with Gasteiger partial charge in [-0.2, -0.15) is 0 Å². The minimum Gasteiger partial charge on any atom is -0.507 e. The largest absolute Gasteiger partial charge is 0.507 e. The highest BCUT2D eigenvalue weighted by molar-refractivity contribution is 7.17. The van der Waals surface area contributed by atoms with Crippen LogP contribution in [0.1, 0.15) is 39.5 Å². The Morgan fingerprint density at radius 3 is 2.54 bits per heavy atom. The number of halogens is 1. The van der Waals surface area contributed by atoms with E-state index in [-0.39, 0.29) is 38.5 Å². The number of carbonyl (C=O) groups is 3. The number of ether oxygens (including phenoxy) is 2. The van der Waals surface area contributed by atoms with E-state index in [4.69, 9.17) is 21.1 Å². The third-order valence-corrected chi connectivity index (χ3v) is 6.87. The van der Waals surface area contributed by atoms with Crippen LogP contribution in [0.15, 0.2) is 54.1 Å². The number of esters is 1. The Morgan fingerprint density at radius 2 is 1.91 bits per heavy atom. The zero-order valence-corrected chi connectivity index (χ0v) is 20.6. The molecule has 1 unspecified atom stereocenters. The molecule has 4 rings (SSSR count). The van der Waals surface area contributed by atoms with E-state index in [0.717, 1.165) is 11.3 Å². The lowest BCUT2D eigenvalue weighted by Gasteiger charge is -2.23. The van der Waals surface area contributed by atoms with Gasteiger partial charge in [0, 0.05) is 5.56 Å². The molecule has 1 amide bonds. The van der Waals surface area contributed by atoms with Crippen molar-refractivity contribution in [3.63, 3.8) is 0 Å². The van der Waals surface area contributed by atoms with Crippen LogP contribution >= 0.6 is 22.9 Å². The topological polar surface area (TPSA) is 106 Å². The van der Waals surface area contributed by atoms with E-state index in [1.54, 1.807) is 56.3 Å². The van der Waals surface area contributed by atoms with Gasteiger partial charge in [0.05, 0.1) is 36.0 Å². The number of methoxy groups -OCH3 is 1. The number of nitrogens with zero attached hydrogens (tertiary/aromatic N) is 2. The van der Waals surface area contributed by atoms with Crippen molar-refractivity contribution < 1.29 is 29.0 Å². The molecule has 1 aliphatic rings. The highest BCUT2D eigenvalue weighted by Crippen LogP contribution is 2.44. The first-order chi connectivity index (χ1) is 16.8. The predicted molar refractivity (Wildman–Crippen MR) is 132 cm³/mol. The first-order valence-electron chi connectivity index (χ1n) is 10.6. The van der Waals surface area contributed by atoms with Crippen molar-refractivity contribution in [2.45, 2.75) is 19.9 Å². The molecule has 1 aromatic heterocycles. The molecule has 1 atom stereocenters. The Morgan fingerprint density at radius 1 is 1.20 bits per heavy atom. The predicted octanol–water partition coefficient (Wildman–Crippen LogP) is 4.92. The molecule has 1 N–H and O–H groups in total. The normalized spacial score (nSPS) is 17.0. The van der Waals surface area contributed by atoms with Crippen molar-refractivity contribution in [3.8, 4) is 5.75 Å². The lowest BCUT2D eigenvalue weighted by Crippen LogP contribution is -2.29. The van der Waals surface area contributed by atoms with Crippen LogP contribution in [0.2, 0.25) is 5.02 Å². The Hall–Kier alpha value is -3.69. The molecule has 35 heavy (non-hydrogen) atoms. The maximum absolute atomic E-state index is 13.3. The number of amides is 1. The standard InChI is InChI=1S/C25H21ClN2O6S/c1-4-34-24(32)22-13(2)27-25(35-22)28-19(14-8-6-5-7-9-14)18(21(30)23(28)31)20(29)15-10-11-17(33-3)16(26)12-15/h5-12,19,29H,4H2,1-3H3. The second kappa shape index (κ2) is 9.89. The molecule has 1 saturated heterocycles. The molecule has 0 aliphatic carbocycles. The number of benzene rings is 2. The van der Waals surface area contributed by atoms with Crippen LogP contribution in [0.3, 0.4) is 0 Å². The molecular formula is C25H21ClN2O6S. The van der Waals surface area contributed by atoms with Crippen LogP contribution < -0.4 is 9.64 Å². The Kier molecular flexibility index (Phi) is 6.90. The monoisotopic (exact) mass is 512 g/mol. The number of thiazole rings is 1. The number of hydrogen-bond acceptors (Lipinski definition) is 8. The average Bonchev–Trinajstić information content (AvgIpc) is 3.36. The van der Waals surface area contributed by atoms with Gasteiger partial charge in [-0.1, -0.05) is 53.3 Å². The van der Waals surface area contributed by atoms with E-state index in [0.29, 0.717) is 17.0 Å². The molecular weight excluding hydrogens is 492 g/mol. The van der Waals surface area contributed by atoms with Gasteiger partial charge < -0.3 is 14.6 Å². The van der Waals surface area contributed by atoms with Gasteiger partial charge >= 0.3 is 11.9 Å². The Labute approximate surface area is 210 Å². The summed E-state index contributed by atoms with van der Waals surface area (Å²) in [5.41, 5.74) is 1.09. The molecule has 10 heteroatoms. The maximum Gasteiger partial charge on any atom is 0.350 e. The van der Waals surface area contributed by atoms with Crippen molar-refractivity contribution >= 4 is 51.5 Å². The van der Waals surface area contributed by atoms with E-state index in [2.05, 4.69) is 4.98 Å². The van der Waals surface area contributed by atoms with Crippen LogP contribution in [0.5, 0.6) is 5.75 Å². The number of aliphatic hydroxyl groups excluding tert-OH is 1. The highest BCUT2D eigenvalue weighted by atomic mass is 35.5. The van der Waals surface area contributed by atoms with Crippen LogP contribution in [-0.2, 0) is 14.3 Å². The van der Waals surface area contributed by atoms with E-state index >= 15 is 0 Å². The summed E-state index contributed by atoms with van der Waals surface area (Å²) in [6, 6.07) is 12.4. The minimum absolute atomic E-state index is 0.118. The van der Waals surface area contributed by atoms with Crippen molar-refractivity contribution in [3.05, 3.63) is 80.8 Å². The van der Waals surface area contributed by atoms with Crippen molar-refractivity contribution in [2.75, 3.05) is 18.6 Å². The lowest BCUT2D eigenvalue weighted by atomic mass is 9.95. The molecule has 2 aromatic carbocycles. The number of aryl methyl sites for hydroxylation is 1. The van der Waals surface area contributed by atoms with Crippen LogP contribution in [-0.4, -0.2) is 41.5 Å². The van der Waals surface area contributed by atoms with E-state index in [1.807, 2.05) is 0 Å². The molecule has 1 aliphatic heterocycles. The summed E-state index contributed by atoms with van der Waals surface area (Å²) < 4.78 is 10.2. The second-order valence-electron chi connectivity index (χ2n) is 7.56. The second-order valence-corrected chi connectivity index (χ2v) is 8.95. The lowest BCUT2D eigenvalue weighted by molar-refractivity contribution is -0.132. The Balaban J connectivity index is 1.89. The summed E-state index contributed by atoms with van der Waals surface area (Å²) in [6.45, 7) is 3.50. The zero-order chi connectivity index (χ0) is 25.3. The fourth-order valence-electron chi connectivity index (χ4n) is 3.82. The van der Waals surface area contributed by atoms with Gasteiger partial charge in [0.1, 0.15) is 16.4 Å². The summed E-state index contributed by atoms with van der Waals surface area (Å²) in [6.07, 6.45) is 0. The van der Waals surface area contributed by atoms with Gasteiger partial charge in [0.2, 0.25) is 0 Å². The van der Waals surface area contributed by atoms with Crippen LogP contribution in [0.25, 0.3) is 5.76 Å². The number of ketones is 1. The van der Waals surface area contributed by atoms with Crippen molar-refractivity contribution in [2.24, 2.45) is 0 Å². The summed E-state index contributed by atoms with van der Waals surface area (Å²) in [4.78, 5) is 44.7. The summed E-state index contributed by atoms with van der Waals surface area (Å²) >= 11 is 7.18. The smallest absolute Gasteiger partial charge is 0.350 e. The fourth-order valence-corrected chi connectivity index (χ4v) is 5.07. The van der Waals surface area contributed by atoms with E-state index < -0.39 is 23.7 Å². The number of aromatic nitrogens is 1. The quantitative estimate of drug-likeness (QED) is 0.216. The van der Waals surface area contributed by atoms with Gasteiger partial charge in [-0.05, 0) is 37.6 Å². The van der Waals surface area contributed by atoms with E-state index in [9.17, 15) is 19.5 Å². The third kappa shape index (κ3) is 4.40. The van der Waals surface area contributed by atoms with Gasteiger partial charge in [-0.25, -0.2) is 9.78 Å². The molecule has 180 valence electrons. The minimum atomic E-state index is -0.974. The highest BCUT2D eigenvalue weighted by Gasteiger charge is 2.48. The number of rotatable bonds is 6. The molecule has 1 fully saturated rings. The van der Waals surface area contributed by atoms with E-state index in [1.165, 1.54) is 18.1 Å².